The molecule has 0 saturated heterocycles. The number of rotatable bonds is 5. The van der Waals surface area contributed by atoms with Crippen LogP contribution in [0.3, 0.4) is 0 Å². The molecule has 0 radical (unpaired) electrons. The second kappa shape index (κ2) is 6.61. The molecule has 0 spiro atoms. The fourth-order valence-electron chi connectivity index (χ4n) is 1.07. The number of halogens is 2. The first-order valence-electron chi connectivity index (χ1n) is 4.87. The molecular formula is C11H12Cl2O3. The van der Waals surface area contributed by atoms with Gasteiger partial charge in [-0.15, -0.1) is 0 Å². The molecule has 0 amide bonds. The van der Waals surface area contributed by atoms with Crippen LogP contribution < -0.4 is 4.74 Å². The smallest absolute Gasteiger partial charge is 0.309 e. The van der Waals surface area contributed by atoms with Gasteiger partial charge in [-0.05, 0) is 25.1 Å². The highest BCUT2D eigenvalue weighted by Crippen LogP contribution is 2.27. The Bertz CT molecular complexity index is 366. The van der Waals surface area contributed by atoms with Crippen LogP contribution in [-0.2, 0) is 9.53 Å². The Labute approximate surface area is 104 Å². The van der Waals surface area contributed by atoms with Gasteiger partial charge in [-0.25, -0.2) is 0 Å². The number of hydrogen-bond acceptors (Lipinski definition) is 3. The van der Waals surface area contributed by atoms with Crippen LogP contribution in [0.15, 0.2) is 18.2 Å². The third kappa shape index (κ3) is 4.29. The maximum absolute atomic E-state index is 11.0. The third-order valence-corrected chi connectivity index (χ3v) is 2.29. The van der Waals surface area contributed by atoms with Gasteiger partial charge in [0.05, 0.1) is 24.7 Å². The Kier molecular flexibility index (Phi) is 5.43. The molecule has 0 fully saturated rings. The van der Waals surface area contributed by atoms with Crippen LogP contribution >= 0.6 is 23.2 Å². The summed E-state index contributed by atoms with van der Waals surface area (Å²) < 4.78 is 10.1. The minimum absolute atomic E-state index is 0.201. The van der Waals surface area contributed by atoms with E-state index >= 15 is 0 Å². The molecule has 0 heterocycles. The van der Waals surface area contributed by atoms with Gasteiger partial charge < -0.3 is 9.47 Å². The quantitative estimate of drug-likeness (QED) is 0.764. The molecule has 0 bridgehead atoms. The van der Waals surface area contributed by atoms with Crippen molar-refractivity contribution in [3.05, 3.63) is 28.2 Å². The zero-order valence-corrected chi connectivity index (χ0v) is 10.3. The van der Waals surface area contributed by atoms with Crippen molar-refractivity contribution in [1.29, 1.82) is 0 Å². The molecule has 0 N–H and O–H groups in total. The fourth-order valence-corrected chi connectivity index (χ4v) is 1.53. The van der Waals surface area contributed by atoms with Crippen molar-refractivity contribution in [1.82, 2.24) is 0 Å². The number of esters is 1. The van der Waals surface area contributed by atoms with E-state index in [2.05, 4.69) is 0 Å². The summed E-state index contributed by atoms with van der Waals surface area (Å²) in [5.74, 6) is 0.225. The van der Waals surface area contributed by atoms with Gasteiger partial charge >= 0.3 is 5.97 Å². The Balaban J connectivity index is 2.40. The second-order valence-electron chi connectivity index (χ2n) is 2.98. The van der Waals surface area contributed by atoms with Crippen molar-refractivity contribution in [3.8, 4) is 5.75 Å². The zero-order chi connectivity index (χ0) is 12.0. The predicted molar refractivity (Wildman–Crippen MR) is 63.2 cm³/mol. The van der Waals surface area contributed by atoms with Gasteiger partial charge in [0, 0.05) is 5.02 Å². The lowest BCUT2D eigenvalue weighted by atomic mass is 10.3. The molecule has 3 nitrogen and oxygen atoms in total. The van der Waals surface area contributed by atoms with Gasteiger partial charge in [0.15, 0.2) is 0 Å². The molecule has 88 valence electrons. The molecule has 0 unspecified atom stereocenters. The minimum atomic E-state index is -0.285. The van der Waals surface area contributed by atoms with Crippen LogP contribution in [0.4, 0.5) is 0 Å². The summed E-state index contributed by atoms with van der Waals surface area (Å²) in [6.45, 7) is 2.37. The predicted octanol–water partition coefficient (Wildman–Crippen LogP) is 3.33. The van der Waals surface area contributed by atoms with Crippen LogP contribution in [0.2, 0.25) is 10.0 Å². The van der Waals surface area contributed by atoms with Crippen molar-refractivity contribution >= 4 is 29.2 Å². The summed E-state index contributed by atoms with van der Waals surface area (Å²) in [5, 5.41) is 0.971. The fraction of sp³-hybridized carbons (Fsp3) is 0.364. The number of carbonyl (C=O) groups excluding carboxylic acids is 1. The van der Waals surface area contributed by atoms with Gasteiger partial charge in [-0.2, -0.15) is 0 Å². The average molecular weight is 263 g/mol. The van der Waals surface area contributed by atoms with Crippen LogP contribution in [-0.4, -0.2) is 19.2 Å². The molecular weight excluding hydrogens is 251 g/mol. The monoisotopic (exact) mass is 262 g/mol. The van der Waals surface area contributed by atoms with Crippen LogP contribution in [0, 0.1) is 0 Å². The van der Waals surface area contributed by atoms with E-state index in [1.54, 1.807) is 25.1 Å². The minimum Gasteiger partial charge on any atom is -0.491 e. The summed E-state index contributed by atoms with van der Waals surface area (Å²) >= 11 is 11.6. The van der Waals surface area contributed by atoms with Crippen molar-refractivity contribution in [2.45, 2.75) is 13.3 Å². The summed E-state index contributed by atoms with van der Waals surface area (Å²) in [6, 6.07) is 4.92. The first-order valence-corrected chi connectivity index (χ1v) is 5.62. The van der Waals surface area contributed by atoms with E-state index in [1.807, 2.05) is 0 Å². The maximum atomic E-state index is 11.0. The molecule has 0 saturated carbocycles. The van der Waals surface area contributed by atoms with E-state index in [0.29, 0.717) is 22.4 Å². The third-order valence-electron chi connectivity index (χ3n) is 1.76. The van der Waals surface area contributed by atoms with Crippen LogP contribution in [0.1, 0.15) is 13.3 Å². The van der Waals surface area contributed by atoms with Crippen molar-refractivity contribution < 1.29 is 14.3 Å². The van der Waals surface area contributed by atoms with Gasteiger partial charge in [-0.1, -0.05) is 23.2 Å². The second-order valence-corrected chi connectivity index (χ2v) is 3.82. The van der Waals surface area contributed by atoms with E-state index in [4.69, 9.17) is 32.7 Å². The number of ether oxygens (including phenoxy) is 2. The highest BCUT2D eigenvalue weighted by Gasteiger charge is 2.05. The Morgan fingerprint density at radius 2 is 2.12 bits per heavy atom. The largest absolute Gasteiger partial charge is 0.491 e. The number of carbonyl (C=O) groups is 1. The molecule has 1 rings (SSSR count). The SMILES string of the molecule is CCOC(=O)CCOc1ccc(Cl)cc1Cl. The molecule has 16 heavy (non-hydrogen) atoms. The highest BCUT2D eigenvalue weighted by molar-refractivity contribution is 6.35. The van der Waals surface area contributed by atoms with Crippen molar-refractivity contribution in [3.63, 3.8) is 0 Å². The highest BCUT2D eigenvalue weighted by atomic mass is 35.5. The molecule has 0 aliphatic carbocycles. The van der Waals surface area contributed by atoms with Gasteiger partial charge in [0.25, 0.3) is 0 Å². The number of benzene rings is 1. The van der Waals surface area contributed by atoms with Crippen LogP contribution in [0.25, 0.3) is 0 Å². The molecule has 1 aromatic carbocycles. The average Bonchev–Trinajstić information content (AvgIpc) is 2.22. The van der Waals surface area contributed by atoms with E-state index in [1.165, 1.54) is 0 Å². The summed E-state index contributed by atoms with van der Waals surface area (Å²) in [7, 11) is 0. The molecule has 1 aromatic rings. The zero-order valence-electron chi connectivity index (χ0n) is 8.83. The van der Waals surface area contributed by atoms with E-state index in [-0.39, 0.29) is 19.0 Å². The Hall–Kier alpha value is -0.930. The lowest BCUT2D eigenvalue weighted by molar-refractivity contribution is -0.143. The van der Waals surface area contributed by atoms with Crippen molar-refractivity contribution in [2.24, 2.45) is 0 Å². The van der Waals surface area contributed by atoms with Gasteiger partial charge in [0.1, 0.15) is 5.75 Å². The molecule has 0 aromatic heterocycles. The summed E-state index contributed by atoms with van der Waals surface area (Å²) in [6.07, 6.45) is 0.201. The van der Waals surface area contributed by atoms with Crippen molar-refractivity contribution in [2.75, 3.05) is 13.2 Å². The van der Waals surface area contributed by atoms with Crippen LogP contribution in [0.5, 0.6) is 5.75 Å². The summed E-state index contributed by atoms with van der Waals surface area (Å²) in [4.78, 5) is 11.0. The first-order chi connectivity index (χ1) is 7.63. The van der Waals surface area contributed by atoms with E-state index in [9.17, 15) is 4.79 Å². The number of hydrogen-bond donors (Lipinski definition) is 0. The normalized spacial score (nSPS) is 9.94. The summed E-state index contributed by atoms with van der Waals surface area (Å²) in [5.41, 5.74) is 0. The molecule has 0 atom stereocenters. The van der Waals surface area contributed by atoms with Gasteiger partial charge in [-0.3, -0.25) is 4.79 Å². The molecule has 5 heteroatoms. The molecule has 0 aliphatic rings. The Morgan fingerprint density at radius 3 is 2.75 bits per heavy atom. The van der Waals surface area contributed by atoms with Gasteiger partial charge in [0.2, 0.25) is 0 Å². The maximum Gasteiger partial charge on any atom is 0.309 e. The molecule has 0 aliphatic heterocycles. The topological polar surface area (TPSA) is 35.5 Å². The first kappa shape index (κ1) is 13.1. The van der Waals surface area contributed by atoms with E-state index in [0.717, 1.165) is 0 Å². The Morgan fingerprint density at radius 1 is 1.38 bits per heavy atom. The lowest BCUT2D eigenvalue weighted by Gasteiger charge is -2.07. The lowest BCUT2D eigenvalue weighted by Crippen LogP contribution is -2.09. The van der Waals surface area contributed by atoms with E-state index < -0.39 is 0 Å². The standard InChI is InChI=1S/C11H12Cl2O3/c1-2-15-11(14)5-6-16-10-4-3-8(12)7-9(10)13/h3-4,7H,2,5-6H2,1H3.